The summed E-state index contributed by atoms with van der Waals surface area (Å²) in [6.45, 7) is 0. The largest absolute Gasteiger partial charge is 0.370 e. The fourth-order valence-electron chi connectivity index (χ4n) is 6.87. The molecule has 4 aliphatic rings. The maximum absolute atomic E-state index is 13.0. The SMILES string of the molecule is Br.Br.NC(=O)CC[C@H](N)C(=O)NNC(=O)c1cc(C23CC4CC(CC(C4)C2)C3)c2ccccc2n1. The molecule has 0 saturated heterocycles. The first-order valence-electron chi connectivity index (χ1n) is 11.9. The van der Waals surface area contributed by atoms with Gasteiger partial charge < -0.3 is 11.5 Å². The Bertz CT molecular complexity index is 1090. The van der Waals surface area contributed by atoms with Gasteiger partial charge in [0.1, 0.15) is 5.69 Å². The van der Waals surface area contributed by atoms with Gasteiger partial charge in [0.25, 0.3) is 11.8 Å². The standard InChI is InChI=1S/C25H31N5O3.2BrH/c26-19(5-6-22(27)31)23(32)29-30-24(33)21-10-18(17-3-1-2-4-20(17)28-21)25-11-14-7-15(12-25)9-16(8-14)13-25;;/h1-4,10,14-16,19H,5-9,11-13,26H2,(H2,27,31)(H,29,32)(H,30,33);2*1H/t14?,15?,16?,19-,25?;;/m0../s1. The number of carbonyl (C=O) groups excluding carboxylic acids is 3. The van der Waals surface area contributed by atoms with Crippen molar-refractivity contribution in [2.75, 3.05) is 0 Å². The first-order valence-corrected chi connectivity index (χ1v) is 11.9. The number of nitrogens with zero attached hydrogens (tertiary/aromatic N) is 1. The first-order chi connectivity index (χ1) is 15.8. The third-order valence-corrected chi connectivity index (χ3v) is 7.90. The summed E-state index contributed by atoms with van der Waals surface area (Å²) in [5.74, 6) is 0.749. The number of fused-ring (bicyclic) bond motifs is 1. The van der Waals surface area contributed by atoms with Crippen molar-refractivity contribution in [3.05, 3.63) is 41.6 Å². The van der Waals surface area contributed by atoms with Gasteiger partial charge in [-0.3, -0.25) is 25.2 Å². The van der Waals surface area contributed by atoms with E-state index in [-0.39, 0.29) is 57.9 Å². The zero-order valence-electron chi connectivity index (χ0n) is 19.5. The van der Waals surface area contributed by atoms with Crippen LogP contribution in [0.4, 0.5) is 0 Å². The Balaban J connectivity index is 0.00000171. The highest BCUT2D eigenvalue weighted by molar-refractivity contribution is 8.93. The molecule has 6 N–H and O–H groups in total. The number of hydrogen-bond acceptors (Lipinski definition) is 5. The number of nitrogens with two attached hydrogens (primary N) is 2. The monoisotopic (exact) mass is 609 g/mol. The molecule has 10 heteroatoms. The lowest BCUT2D eigenvalue weighted by Crippen LogP contribution is -2.50. The van der Waals surface area contributed by atoms with Crippen molar-refractivity contribution in [3.8, 4) is 0 Å². The number of primary amides is 1. The Hall–Kier alpha value is -2.04. The predicted molar refractivity (Wildman–Crippen MR) is 144 cm³/mol. The molecule has 3 amide bonds. The molecular formula is C25H33Br2N5O3. The second-order valence-electron chi connectivity index (χ2n) is 10.3. The van der Waals surface area contributed by atoms with E-state index >= 15 is 0 Å². The van der Waals surface area contributed by atoms with Crippen molar-refractivity contribution in [1.29, 1.82) is 0 Å². The second kappa shape index (κ2) is 10.9. The van der Waals surface area contributed by atoms with Gasteiger partial charge >= 0.3 is 0 Å². The number of hydrogen-bond donors (Lipinski definition) is 4. The number of amides is 3. The van der Waals surface area contributed by atoms with Crippen molar-refractivity contribution in [2.24, 2.45) is 29.2 Å². The van der Waals surface area contributed by atoms with Gasteiger partial charge in [0, 0.05) is 11.8 Å². The highest BCUT2D eigenvalue weighted by Crippen LogP contribution is 2.61. The zero-order chi connectivity index (χ0) is 23.2. The van der Waals surface area contributed by atoms with Crippen molar-refractivity contribution in [1.82, 2.24) is 15.8 Å². The summed E-state index contributed by atoms with van der Waals surface area (Å²) in [7, 11) is 0. The smallest absolute Gasteiger partial charge is 0.288 e. The van der Waals surface area contributed by atoms with Crippen LogP contribution in [0.25, 0.3) is 10.9 Å². The molecule has 0 aliphatic heterocycles. The summed E-state index contributed by atoms with van der Waals surface area (Å²) in [4.78, 5) is 40.6. The normalized spacial score (nSPS) is 26.8. The van der Waals surface area contributed by atoms with Gasteiger partial charge in [0.15, 0.2) is 0 Å². The van der Waals surface area contributed by atoms with Crippen LogP contribution in [0.3, 0.4) is 0 Å². The Kier molecular flexibility index (Phi) is 8.60. The van der Waals surface area contributed by atoms with Gasteiger partial charge in [-0.2, -0.15) is 0 Å². The van der Waals surface area contributed by atoms with E-state index in [1.165, 1.54) is 44.1 Å². The van der Waals surface area contributed by atoms with Crippen molar-refractivity contribution < 1.29 is 14.4 Å². The van der Waals surface area contributed by atoms with Crippen molar-refractivity contribution in [3.63, 3.8) is 0 Å². The van der Waals surface area contributed by atoms with E-state index in [0.29, 0.717) is 0 Å². The minimum absolute atomic E-state index is 0. The van der Waals surface area contributed by atoms with Crippen LogP contribution >= 0.6 is 34.0 Å². The van der Waals surface area contributed by atoms with Crippen molar-refractivity contribution in [2.45, 2.75) is 62.8 Å². The summed E-state index contributed by atoms with van der Waals surface area (Å²) >= 11 is 0. The summed E-state index contributed by atoms with van der Waals surface area (Å²) in [6.07, 6.45) is 7.69. The number of halogens is 2. The molecule has 1 heterocycles. The fraction of sp³-hybridized carbons (Fsp3) is 0.520. The lowest BCUT2D eigenvalue weighted by Gasteiger charge is -2.57. The van der Waals surface area contributed by atoms with Gasteiger partial charge in [-0.1, -0.05) is 18.2 Å². The molecule has 0 unspecified atom stereocenters. The maximum atomic E-state index is 13.0. The Labute approximate surface area is 225 Å². The number of nitrogens with one attached hydrogen (secondary N) is 2. The van der Waals surface area contributed by atoms with Crippen LogP contribution in [-0.2, 0) is 15.0 Å². The predicted octanol–water partition coefficient (Wildman–Crippen LogP) is 3.21. The van der Waals surface area contributed by atoms with E-state index < -0.39 is 23.8 Å². The number of pyridine rings is 1. The molecule has 8 nitrogen and oxygen atoms in total. The van der Waals surface area contributed by atoms with Gasteiger partial charge in [0.2, 0.25) is 5.91 Å². The highest BCUT2D eigenvalue weighted by atomic mass is 79.9. The molecule has 190 valence electrons. The molecule has 35 heavy (non-hydrogen) atoms. The number of aromatic nitrogens is 1. The van der Waals surface area contributed by atoms with Gasteiger partial charge in [-0.15, -0.1) is 34.0 Å². The van der Waals surface area contributed by atoms with Gasteiger partial charge in [0.05, 0.1) is 11.6 Å². The third kappa shape index (κ3) is 5.54. The molecule has 4 bridgehead atoms. The molecule has 2 aromatic rings. The van der Waals surface area contributed by atoms with Crippen LogP contribution in [0, 0.1) is 17.8 Å². The van der Waals surface area contributed by atoms with Crippen molar-refractivity contribution >= 4 is 62.6 Å². The summed E-state index contributed by atoms with van der Waals surface area (Å²) in [6, 6.07) is 9.00. The molecule has 1 aromatic carbocycles. The number of hydrazine groups is 1. The quantitative estimate of drug-likeness (QED) is 0.372. The zero-order valence-corrected chi connectivity index (χ0v) is 22.9. The van der Waals surface area contributed by atoms with Crippen LogP contribution in [-0.4, -0.2) is 28.7 Å². The average molecular weight is 611 g/mol. The topological polar surface area (TPSA) is 140 Å². The number of benzene rings is 1. The minimum atomic E-state index is -0.940. The van der Waals surface area contributed by atoms with Crippen LogP contribution < -0.4 is 22.3 Å². The Morgan fingerprint density at radius 2 is 1.60 bits per heavy atom. The second-order valence-corrected chi connectivity index (χ2v) is 10.3. The third-order valence-electron chi connectivity index (χ3n) is 7.90. The van der Waals surface area contributed by atoms with E-state index in [1.807, 2.05) is 24.3 Å². The molecule has 1 atom stereocenters. The van der Waals surface area contributed by atoms with Gasteiger partial charge in [-0.25, -0.2) is 4.98 Å². The van der Waals surface area contributed by atoms with Crippen LogP contribution in [0.15, 0.2) is 30.3 Å². The fourth-order valence-corrected chi connectivity index (χ4v) is 6.87. The Morgan fingerprint density at radius 3 is 2.20 bits per heavy atom. The lowest BCUT2D eigenvalue weighted by atomic mass is 9.48. The highest BCUT2D eigenvalue weighted by Gasteiger charge is 2.52. The molecule has 4 saturated carbocycles. The van der Waals surface area contributed by atoms with Gasteiger partial charge in [-0.05, 0) is 85.8 Å². The Morgan fingerprint density at radius 1 is 1.00 bits per heavy atom. The molecule has 4 aliphatic carbocycles. The van der Waals surface area contributed by atoms with Crippen LogP contribution in [0.1, 0.15) is 67.4 Å². The summed E-state index contributed by atoms with van der Waals surface area (Å²) in [5, 5.41) is 1.12. The van der Waals surface area contributed by atoms with Crippen LogP contribution in [0.2, 0.25) is 0 Å². The van der Waals surface area contributed by atoms with E-state index in [4.69, 9.17) is 11.5 Å². The van der Waals surface area contributed by atoms with E-state index in [1.54, 1.807) is 0 Å². The molecule has 1 aromatic heterocycles. The average Bonchev–Trinajstić information content (AvgIpc) is 2.79. The van der Waals surface area contributed by atoms with Crippen LogP contribution in [0.5, 0.6) is 0 Å². The summed E-state index contributed by atoms with van der Waals surface area (Å²) in [5.41, 5.74) is 18.1. The number of rotatable bonds is 6. The summed E-state index contributed by atoms with van der Waals surface area (Å²) < 4.78 is 0. The number of carbonyl (C=O) groups is 3. The molecule has 0 radical (unpaired) electrons. The maximum Gasteiger partial charge on any atom is 0.288 e. The molecule has 0 spiro atoms. The minimum Gasteiger partial charge on any atom is -0.370 e. The van der Waals surface area contributed by atoms with E-state index in [2.05, 4.69) is 21.9 Å². The molecule has 6 rings (SSSR count). The number of para-hydroxylation sites is 1. The lowest BCUT2D eigenvalue weighted by molar-refractivity contribution is -0.123. The van der Waals surface area contributed by atoms with E-state index in [9.17, 15) is 14.4 Å². The van der Waals surface area contributed by atoms with E-state index in [0.717, 1.165) is 28.7 Å². The molecular weight excluding hydrogens is 578 g/mol. The first kappa shape index (κ1) is 27.5. The molecule has 4 fully saturated rings.